The van der Waals surface area contributed by atoms with Gasteiger partial charge in [0.15, 0.2) is 23.0 Å². The van der Waals surface area contributed by atoms with Crippen molar-refractivity contribution in [1.29, 1.82) is 5.41 Å². The molecule has 5 rings (SSSR count). The maximum atomic E-state index is 16.1. The lowest BCUT2D eigenvalue weighted by Gasteiger charge is -2.17. The van der Waals surface area contributed by atoms with Crippen LogP contribution in [0.2, 0.25) is 0 Å². The van der Waals surface area contributed by atoms with Crippen molar-refractivity contribution >= 4 is 23.4 Å². The molecule has 0 saturated carbocycles. The molecule has 2 heterocycles. The van der Waals surface area contributed by atoms with E-state index in [1.807, 2.05) is 0 Å². The number of ether oxygens (including phenoxy) is 5. The molecule has 5 aromatic rings. The lowest BCUT2D eigenvalue weighted by Crippen LogP contribution is -2.16. The molecule has 0 amide bonds. The highest BCUT2D eigenvalue weighted by atomic mass is 35.5. The molecule has 0 fully saturated rings. The fourth-order valence-corrected chi connectivity index (χ4v) is 4.36. The van der Waals surface area contributed by atoms with Gasteiger partial charge in [0.2, 0.25) is 17.4 Å². The number of halogens is 3. The number of amidine groups is 1. The molecule has 2 aromatic heterocycles. The van der Waals surface area contributed by atoms with Gasteiger partial charge in [-0.05, 0) is 55.5 Å². The van der Waals surface area contributed by atoms with Crippen molar-refractivity contribution in [3.8, 4) is 57.6 Å². The predicted molar refractivity (Wildman–Crippen MR) is 171 cm³/mol. The Labute approximate surface area is 277 Å². The van der Waals surface area contributed by atoms with Crippen LogP contribution in [0.5, 0.6) is 46.3 Å². The summed E-state index contributed by atoms with van der Waals surface area (Å²) >= 11 is 5.73. The van der Waals surface area contributed by atoms with Gasteiger partial charge in [-0.15, -0.1) is 11.6 Å². The summed E-state index contributed by atoms with van der Waals surface area (Å²) in [5.41, 5.74) is 6.39. The van der Waals surface area contributed by atoms with Crippen LogP contribution < -0.4 is 24.7 Å². The van der Waals surface area contributed by atoms with Crippen molar-refractivity contribution in [2.24, 2.45) is 12.8 Å². The van der Waals surface area contributed by atoms with Crippen LogP contribution in [0.3, 0.4) is 0 Å². The van der Waals surface area contributed by atoms with Gasteiger partial charge in [0.1, 0.15) is 23.5 Å². The summed E-state index contributed by atoms with van der Waals surface area (Å²) in [7, 11) is 3.06. The average Bonchev–Trinajstić information content (AvgIpc) is 3.51. The number of aromatic nitrogens is 3. The van der Waals surface area contributed by atoms with Gasteiger partial charge in [-0.25, -0.2) is 9.78 Å². The lowest BCUT2D eigenvalue weighted by molar-refractivity contribution is 0.0383. The Balaban J connectivity index is 1.58. The molecule has 0 aliphatic rings. The minimum Gasteiger partial charge on any atom is -0.504 e. The monoisotopic (exact) mass is 679 g/mol. The molecule has 48 heavy (non-hydrogen) atoms. The first-order chi connectivity index (χ1) is 23.0. The van der Waals surface area contributed by atoms with Gasteiger partial charge < -0.3 is 39.1 Å². The summed E-state index contributed by atoms with van der Waals surface area (Å²) in [6.07, 6.45) is 2.79. The molecular formula is C33H28ClF2N5O7. The first kappa shape index (κ1) is 33.5. The van der Waals surface area contributed by atoms with Crippen LogP contribution in [-0.2, 0) is 11.8 Å². The number of phenols is 1. The van der Waals surface area contributed by atoms with E-state index in [4.69, 9.17) is 46.4 Å². The van der Waals surface area contributed by atoms with Crippen LogP contribution >= 0.6 is 11.6 Å². The Kier molecular flexibility index (Phi) is 9.94. The van der Waals surface area contributed by atoms with E-state index >= 15 is 8.78 Å². The van der Waals surface area contributed by atoms with Crippen LogP contribution in [0.4, 0.5) is 8.78 Å². The number of hydrogen-bond donors (Lipinski definition) is 3. The second kappa shape index (κ2) is 14.3. The topological polar surface area (TPSA) is 164 Å². The highest BCUT2D eigenvalue weighted by Gasteiger charge is 2.28. The van der Waals surface area contributed by atoms with E-state index in [1.54, 1.807) is 49.1 Å². The number of nitrogens with zero attached hydrogens (tertiary/aromatic N) is 3. The third-order valence-electron chi connectivity index (χ3n) is 6.72. The van der Waals surface area contributed by atoms with E-state index in [0.717, 1.165) is 0 Å². The van der Waals surface area contributed by atoms with Crippen LogP contribution in [0.1, 0.15) is 22.8 Å². The third kappa shape index (κ3) is 7.23. The fraction of sp³-hybridized carbons (Fsp3) is 0.152. The van der Waals surface area contributed by atoms with Crippen molar-refractivity contribution in [2.75, 3.05) is 13.0 Å². The Hall–Kier alpha value is -5.89. The number of aryl methyl sites for hydroxylation is 1. The Morgan fingerprint density at radius 3 is 2.38 bits per heavy atom. The number of methoxy groups -OCH3 is 1. The van der Waals surface area contributed by atoms with Gasteiger partial charge in [-0.2, -0.15) is 13.8 Å². The summed E-state index contributed by atoms with van der Waals surface area (Å²) < 4.78 is 61.5. The van der Waals surface area contributed by atoms with Gasteiger partial charge in [0.25, 0.3) is 11.8 Å². The summed E-state index contributed by atoms with van der Waals surface area (Å²) in [6, 6.07) is 14.0. The number of carbonyl (C=O) groups is 1. The maximum Gasteiger partial charge on any atom is 0.338 e. The normalized spacial score (nSPS) is 11.5. The molecule has 3 aromatic carbocycles. The molecule has 1 atom stereocenters. The molecule has 4 N–H and O–H groups in total. The average molecular weight is 680 g/mol. The van der Waals surface area contributed by atoms with E-state index in [0.29, 0.717) is 11.4 Å². The highest BCUT2D eigenvalue weighted by molar-refractivity contribution is 6.18. The smallest absolute Gasteiger partial charge is 0.338 e. The van der Waals surface area contributed by atoms with Crippen molar-refractivity contribution < 1.29 is 42.4 Å². The van der Waals surface area contributed by atoms with Crippen molar-refractivity contribution in [2.45, 2.75) is 13.0 Å². The van der Waals surface area contributed by atoms with Gasteiger partial charge in [-0.3, -0.25) is 5.41 Å². The summed E-state index contributed by atoms with van der Waals surface area (Å²) in [5, 5.41) is 18.1. The largest absolute Gasteiger partial charge is 0.504 e. The van der Waals surface area contributed by atoms with Gasteiger partial charge in [-0.1, -0.05) is 12.1 Å². The number of rotatable bonds is 12. The molecule has 15 heteroatoms. The molecule has 0 bridgehead atoms. The molecule has 1 unspecified atom stereocenters. The lowest BCUT2D eigenvalue weighted by atomic mass is 10.2. The number of nitrogens with one attached hydrogen (secondary N) is 1. The molecule has 0 saturated heterocycles. The molecule has 0 spiro atoms. The minimum atomic E-state index is -1.42. The number of imidazole rings is 1. The van der Waals surface area contributed by atoms with Crippen molar-refractivity contribution in [3.05, 3.63) is 95.8 Å². The van der Waals surface area contributed by atoms with Crippen LogP contribution in [0, 0.1) is 17.0 Å². The molecule has 12 nitrogen and oxygen atoms in total. The van der Waals surface area contributed by atoms with Gasteiger partial charge >= 0.3 is 5.97 Å². The number of nitrogens with two attached hydrogens (primary N) is 1. The van der Waals surface area contributed by atoms with Crippen LogP contribution in [0.15, 0.2) is 73.1 Å². The predicted octanol–water partition coefficient (Wildman–Crippen LogP) is 6.92. The molecule has 0 aliphatic carbocycles. The molecule has 0 aliphatic heterocycles. The summed E-state index contributed by atoms with van der Waals surface area (Å²) in [6.45, 7) is 1.61. The summed E-state index contributed by atoms with van der Waals surface area (Å²) in [4.78, 5) is 20.7. The molecular weight excluding hydrogens is 652 g/mol. The highest BCUT2D eigenvalue weighted by Crippen LogP contribution is 2.43. The van der Waals surface area contributed by atoms with E-state index in [2.05, 4.69) is 9.97 Å². The maximum absolute atomic E-state index is 16.1. The second-order valence-electron chi connectivity index (χ2n) is 10.2. The third-order valence-corrected chi connectivity index (χ3v) is 7.15. The number of carbonyl (C=O) groups excluding carboxylic acids is 1. The molecule has 0 radical (unpaired) electrons. The minimum absolute atomic E-state index is 0.0632. The van der Waals surface area contributed by atoms with Gasteiger partial charge in [0, 0.05) is 30.6 Å². The molecule has 248 valence electrons. The van der Waals surface area contributed by atoms with Crippen LogP contribution in [-0.4, -0.2) is 50.5 Å². The van der Waals surface area contributed by atoms with E-state index in [1.165, 1.54) is 49.6 Å². The summed E-state index contributed by atoms with van der Waals surface area (Å²) in [5.74, 6) is -6.75. The number of hydrogen-bond acceptors (Lipinski definition) is 10. The zero-order valence-corrected chi connectivity index (χ0v) is 26.4. The Morgan fingerprint density at radius 2 is 1.71 bits per heavy atom. The number of benzene rings is 3. The standard InChI is InChI=1S/C33H28ClF2N5O7/c1-17(16-34)45-33(43)20-8-10-23(25(15-20)44-3)47-28-26(35)31(46-21-6-4-5-19(13-21)30-39-11-12-41(30)2)40-32(27(28)36)48-24-14-18(29(37)38)7-9-22(24)42/h4-15,17,42H,16H2,1-3H3,(H3,37,38). The number of phenolic OH excluding ortho intramolecular Hbond substituents is 1. The SMILES string of the molecule is COc1cc(C(=O)OC(C)CCl)ccc1Oc1c(F)c(Oc2cccc(-c3nccn3C)c2)nc(Oc2cc(C(=N)N)ccc2O)c1F. The van der Waals surface area contributed by atoms with Crippen molar-refractivity contribution in [3.63, 3.8) is 0 Å². The Bertz CT molecular complexity index is 2010. The zero-order chi connectivity index (χ0) is 34.5. The quantitative estimate of drug-likeness (QED) is 0.0546. The fourth-order valence-electron chi connectivity index (χ4n) is 4.30. The first-order valence-electron chi connectivity index (χ1n) is 14.1. The first-order valence-corrected chi connectivity index (χ1v) is 14.6. The number of nitrogen functional groups attached to an aromatic ring is 1. The zero-order valence-electron chi connectivity index (χ0n) is 25.7. The van der Waals surface area contributed by atoms with Crippen LogP contribution in [0.25, 0.3) is 11.4 Å². The van der Waals surface area contributed by atoms with E-state index in [9.17, 15) is 9.90 Å². The van der Waals surface area contributed by atoms with Gasteiger partial charge in [0.05, 0.1) is 18.6 Å². The number of alkyl halides is 1. The number of aromatic hydroxyl groups is 1. The van der Waals surface area contributed by atoms with E-state index < -0.39 is 47.0 Å². The second-order valence-corrected chi connectivity index (χ2v) is 10.5. The van der Waals surface area contributed by atoms with E-state index in [-0.39, 0.29) is 45.8 Å². The number of esters is 1. The Morgan fingerprint density at radius 1 is 1.00 bits per heavy atom. The number of pyridine rings is 1. The van der Waals surface area contributed by atoms with Crippen molar-refractivity contribution in [1.82, 2.24) is 14.5 Å².